The smallest absolute Gasteiger partial charge is 0.220 e. The topological polar surface area (TPSA) is 57.1 Å². The molecule has 0 radical (unpaired) electrons. The molecule has 120 valence electrons. The SMILES string of the molecule is C#CCCC1(CCC(=O)NCC2CCN(C3CC3)CC2)N=N1. The first kappa shape index (κ1) is 15.5. The minimum absolute atomic E-state index is 0.127. The first-order valence-corrected chi connectivity index (χ1v) is 8.59. The normalized spacial score (nSPS) is 24.0. The molecule has 3 rings (SSSR count). The van der Waals surface area contributed by atoms with Crippen molar-refractivity contribution < 1.29 is 4.79 Å². The molecule has 2 aliphatic heterocycles. The predicted octanol–water partition coefficient (Wildman–Crippen LogP) is 2.33. The summed E-state index contributed by atoms with van der Waals surface area (Å²) >= 11 is 0. The van der Waals surface area contributed by atoms with Gasteiger partial charge in [-0.05, 0) is 44.7 Å². The summed E-state index contributed by atoms with van der Waals surface area (Å²) in [4.78, 5) is 14.6. The van der Waals surface area contributed by atoms with E-state index in [4.69, 9.17) is 6.42 Å². The maximum absolute atomic E-state index is 12.0. The van der Waals surface area contributed by atoms with Crippen LogP contribution in [0.2, 0.25) is 0 Å². The van der Waals surface area contributed by atoms with Gasteiger partial charge in [0.15, 0.2) is 5.66 Å². The van der Waals surface area contributed by atoms with Crippen molar-refractivity contribution in [3.63, 3.8) is 0 Å². The van der Waals surface area contributed by atoms with Crippen molar-refractivity contribution in [1.82, 2.24) is 10.2 Å². The van der Waals surface area contributed by atoms with E-state index in [-0.39, 0.29) is 11.6 Å². The number of nitrogens with zero attached hydrogens (tertiary/aromatic N) is 3. The van der Waals surface area contributed by atoms with Gasteiger partial charge in [0.1, 0.15) is 0 Å². The number of carbonyl (C=O) groups is 1. The lowest BCUT2D eigenvalue weighted by molar-refractivity contribution is -0.121. The molecule has 0 aromatic carbocycles. The summed E-state index contributed by atoms with van der Waals surface area (Å²) in [5, 5.41) is 11.2. The second-order valence-corrected chi connectivity index (χ2v) is 6.90. The zero-order valence-corrected chi connectivity index (χ0v) is 13.3. The second-order valence-electron chi connectivity index (χ2n) is 6.90. The lowest BCUT2D eigenvalue weighted by atomic mass is 9.96. The Kier molecular flexibility index (Phi) is 4.77. The monoisotopic (exact) mass is 302 g/mol. The number of rotatable bonds is 8. The Balaban J connectivity index is 1.27. The molecule has 1 N–H and O–H groups in total. The van der Waals surface area contributed by atoms with Gasteiger partial charge in [0.2, 0.25) is 5.91 Å². The van der Waals surface area contributed by atoms with E-state index in [1.54, 1.807) is 0 Å². The second kappa shape index (κ2) is 6.78. The van der Waals surface area contributed by atoms with E-state index in [2.05, 4.69) is 26.4 Å². The van der Waals surface area contributed by atoms with Gasteiger partial charge in [-0.2, -0.15) is 10.2 Å². The lowest BCUT2D eigenvalue weighted by Gasteiger charge is -2.32. The van der Waals surface area contributed by atoms with Gasteiger partial charge in [-0.15, -0.1) is 12.3 Å². The van der Waals surface area contributed by atoms with Crippen LogP contribution in [0.25, 0.3) is 0 Å². The highest BCUT2D eigenvalue weighted by atomic mass is 16.1. The Hall–Kier alpha value is -1.41. The fourth-order valence-electron chi connectivity index (χ4n) is 3.29. The molecule has 5 heteroatoms. The molecule has 0 spiro atoms. The molecular formula is C17H26N4O. The average Bonchev–Trinajstić information content (AvgIpc) is 3.45. The van der Waals surface area contributed by atoms with Gasteiger partial charge in [0.05, 0.1) is 0 Å². The molecule has 0 aromatic heterocycles. The number of nitrogens with one attached hydrogen (secondary N) is 1. The summed E-state index contributed by atoms with van der Waals surface area (Å²) in [6.45, 7) is 3.24. The average molecular weight is 302 g/mol. The van der Waals surface area contributed by atoms with Crippen molar-refractivity contribution in [3.05, 3.63) is 0 Å². The van der Waals surface area contributed by atoms with E-state index in [0.29, 0.717) is 25.2 Å². The molecule has 0 atom stereocenters. The number of amides is 1. The summed E-state index contributed by atoms with van der Waals surface area (Å²) in [5.41, 5.74) is -0.334. The number of terminal acetylenes is 1. The van der Waals surface area contributed by atoms with Crippen LogP contribution in [0.5, 0.6) is 0 Å². The zero-order chi connectivity index (χ0) is 15.4. The standard InChI is InChI=1S/C17H26N4O/c1-2-3-9-17(19-20-17)10-6-16(22)18-13-14-7-11-21(12-8-14)15-4-5-15/h1,14-15H,3-13H2,(H,18,22). The van der Waals surface area contributed by atoms with Crippen LogP contribution in [0.1, 0.15) is 51.4 Å². The molecule has 1 saturated carbocycles. The van der Waals surface area contributed by atoms with Crippen LogP contribution >= 0.6 is 0 Å². The highest BCUT2D eigenvalue weighted by Gasteiger charge is 2.39. The van der Waals surface area contributed by atoms with Crippen molar-refractivity contribution >= 4 is 5.91 Å². The molecule has 2 fully saturated rings. The number of hydrogen-bond acceptors (Lipinski definition) is 4. The van der Waals surface area contributed by atoms with Crippen molar-refractivity contribution in [2.75, 3.05) is 19.6 Å². The van der Waals surface area contributed by atoms with Crippen LogP contribution in [0, 0.1) is 18.3 Å². The van der Waals surface area contributed by atoms with Gasteiger partial charge in [0.25, 0.3) is 0 Å². The van der Waals surface area contributed by atoms with Crippen LogP contribution < -0.4 is 5.32 Å². The quantitative estimate of drug-likeness (QED) is 0.700. The summed E-state index contributed by atoms with van der Waals surface area (Å²) < 4.78 is 0. The van der Waals surface area contributed by atoms with Crippen LogP contribution in [-0.2, 0) is 4.79 Å². The minimum Gasteiger partial charge on any atom is -0.356 e. The van der Waals surface area contributed by atoms with Gasteiger partial charge in [-0.3, -0.25) is 4.79 Å². The first-order valence-electron chi connectivity index (χ1n) is 8.59. The zero-order valence-electron chi connectivity index (χ0n) is 13.3. The Bertz CT molecular complexity index is 464. The first-order chi connectivity index (χ1) is 10.7. The van der Waals surface area contributed by atoms with Gasteiger partial charge in [-0.1, -0.05) is 0 Å². The summed E-state index contributed by atoms with van der Waals surface area (Å²) in [6.07, 6.45) is 13.1. The number of carbonyl (C=O) groups excluding carboxylic acids is 1. The van der Waals surface area contributed by atoms with Crippen LogP contribution in [0.15, 0.2) is 10.2 Å². The maximum atomic E-state index is 12.0. The third-order valence-corrected chi connectivity index (χ3v) is 5.11. The molecular weight excluding hydrogens is 276 g/mol. The number of likely N-dealkylation sites (tertiary alicyclic amines) is 1. The largest absolute Gasteiger partial charge is 0.356 e. The number of piperidine rings is 1. The minimum atomic E-state index is -0.334. The Morgan fingerprint density at radius 1 is 1.23 bits per heavy atom. The van der Waals surface area contributed by atoms with Gasteiger partial charge < -0.3 is 10.2 Å². The van der Waals surface area contributed by atoms with E-state index < -0.39 is 0 Å². The van der Waals surface area contributed by atoms with Gasteiger partial charge in [-0.25, -0.2) is 0 Å². The molecule has 1 saturated heterocycles. The summed E-state index contributed by atoms with van der Waals surface area (Å²) in [5.74, 6) is 3.38. The Morgan fingerprint density at radius 2 is 1.95 bits per heavy atom. The third-order valence-electron chi connectivity index (χ3n) is 5.11. The van der Waals surface area contributed by atoms with Crippen molar-refractivity contribution in [3.8, 4) is 12.3 Å². The van der Waals surface area contributed by atoms with E-state index in [9.17, 15) is 4.79 Å². The van der Waals surface area contributed by atoms with E-state index in [1.165, 1.54) is 38.8 Å². The lowest BCUT2D eigenvalue weighted by Crippen LogP contribution is -2.39. The molecule has 22 heavy (non-hydrogen) atoms. The fraction of sp³-hybridized carbons (Fsp3) is 0.824. The molecule has 0 aromatic rings. The molecule has 1 aliphatic carbocycles. The van der Waals surface area contributed by atoms with Crippen molar-refractivity contribution in [2.45, 2.75) is 63.1 Å². The predicted molar refractivity (Wildman–Crippen MR) is 85.2 cm³/mol. The van der Waals surface area contributed by atoms with Gasteiger partial charge in [0, 0.05) is 38.3 Å². The highest BCUT2D eigenvalue weighted by molar-refractivity contribution is 5.76. The molecule has 5 nitrogen and oxygen atoms in total. The summed E-state index contributed by atoms with van der Waals surface area (Å²) in [6, 6.07) is 0.876. The van der Waals surface area contributed by atoms with Crippen molar-refractivity contribution in [1.29, 1.82) is 0 Å². The molecule has 3 aliphatic rings. The van der Waals surface area contributed by atoms with E-state index in [1.807, 2.05) is 0 Å². The summed E-state index contributed by atoms with van der Waals surface area (Å²) in [7, 11) is 0. The highest BCUT2D eigenvalue weighted by Crippen LogP contribution is 2.37. The van der Waals surface area contributed by atoms with Crippen LogP contribution in [-0.4, -0.2) is 42.1 Å². The Morgan fingerprint density at radius 3 is 2.55 bits per heavy atom. The van der Waals surface area contributed by atoms with Crippen LogP contribution in [0.3, 0.4) is 0 Å². The van der Waals surface area contributed by atoms with E-state index >= 15 is 0 Å². The van der Waals surface area contributed by atoms with Gasteiger partial charge >= 0.3 is 0 Å². The molecule has 1 amide bonds. The third kappa shape index (κ3) is 4.30. The molecule has 0 unspecified atom stereocenters. The maximum Gasteiger partial charge on any atom is 0.220 e. The van der Waals surface area contributed by atoms with Crippen molar-refractivity contribution in [2.24, 2.45) is 16.1 Å². The number of hydrogen-bond donors (Lipinski definition) is 1. The molecule has 0 bridgehead atoms. The van der Waals surface area contributed by atoms with E-state index in [0.717, 1.165) is 19.0 Å². The van der Waals surface area contributed by atoms with Crippen LogP contribution in [0.4, 0.5) is 0 Å². The molecule has 2 heterocycles. The Labute approximate surface area is 132 Å². The fourth-order valence-corrected chi connectivity index (χ4v) is 3.29.